The van der Waals surface area contributed by atoms with Crippen LogP contribution in [0.5, 0.6) is 0 Å². The first kappa shape index (κ1) is 13.6. The molecule has 3 nitrogen and oxygen atoms in total. The number of hydrogen-bond donors (Lipinski definition) is 0. The molecule has 4 aliphatic rings. The van der Waals surface area contributed by atoms with Gasteiger partial charge < -0.3 is 0 Å². The zero-order chi connectivity index (χ0) is 15.7. The fourth-order valence-corrected chi connectivity index (χ4v) is 7.03. The minimum atomic E-state index is 0.377. The quantitative estimate of drug-likeness (QED) is 0.665. The van der Waals surface area contributed by atoms with Crippen molar-refractivity contribution in [3.8, 4) is 11.4 Å². The summed E-state index contributed by atoms with van der Waals surface area (Å²) in [7, 11) is 0. The van der Waals surface area contributed by atoms with Gasteiger partial charge in [0.05, 0.1) is 17.1 Å². The first-order valence-corrected chi connectivity index (χ1v) is 10.1. The lowest BCUT2D eigenvalue weighted by molar-refractivity contribution is -0.00696. The van der Waals surface area contributed by atoms with Crippen LogP contribution >= 0.6 is 11.3 Å². The Morgan fingerprint density at radius 1 is 1.04 bits per heavy atom. The van der Waals surface area contributed by atoms with Gasteiger partial charge in [-0.15, -0.1) is 11.3 Å². The first-order chi connectivity index (χ1) is 11.8. The summed E-state index contributed by atoms with van der Waals surface area (Å²) in [5.41, 5.74) is 3.96. The molecule has 4 heteroatoms. The summed E-state index contributed by atoms with van der Waals surface area (Å²) in [6.45, 7) is 0. The van der Waals surface area contributed by atoms with Gasteiger partial charge in [-0.1, -0.05) is 6.07 Å². The van der Waals surface area contributed by atoms with Gasteiger partial charge in [-0.3, -0.25) is 9.38 Å². The second-order valence-corrected chi connectivity index (χ2v) is 9.15. The highest BCUT2D eigenvalue weighted by atomic mass is 32.1. The molecule has 0 spiro atoms. The smallest absolute Gasteiger partial charge is 0.194 e. The molecule has 0 aliphatic heterocycles. The van der Waals surface area contributed by atoms with Gasteiger partial charge in [0.1, 0.15) is 0 Å². The molecule has 4 saturated carbocycles. The van der Waals surface area contributed by atoms with E-state index >= 15 is 0 Å². The molecule has 0 aromatic carbocycles. The molecule has 4 bridgehead atoms. The Labute approximate surface area is 145 Å². The fraction of sp³-hybridized carbons (Fsp3) is 0.500. The number of rotatable bonds is 2. The van der Waals surface area contributed by atoms with Crippen LogP contribution in [0.2, 0.25) is 0 Å². The summed E-state index contributed by atoms with van der Waals surface area (Å²) in [4.78, 5) is 10.8. The van der Waals surface area contributed by atoms with Crippen molar-refractivity contribution in [1.29, 1.82) is 0 Å². The first-order valence-electron chi connectivity index (χ1n) is 9.18. The minimum absolute atomic E-state index is 0.377. The van der Waals surface area contributed by atoms with Gasteiger partial charge in [0.2, 0.25) is 0 Å². The Hall–Kier alpha value is -1.68. The van der Waals surface area contributed by atoms with Gasteiger partial charge in [0.15, 0.2) is 4.96 Å². The largest absolute Gasteiger partial charge is 0.288 e. The average molecular weight is 335 g/mol. The second-order valence-electron chi connectivity index (χ2n) is 8.31. The van der Waals surface area contributed by atoms with E-state index < -0.39 is 0 Å². The van der Waals surface area contributed by atoms with Gasteiger partial charge >= 0.3 is 0 Å². The summed E-state index contributed by atoms with van der Waals surface area (Å²) < 4.78 is 2.28. The lowest BCUT2D eigenvalue weighted by atomic mass is 9.49. The second kappa shape index (κ2) is 4.69. The standard InChI is InChI=1S/C20H21N3S/c1-2-4-21-16(3-1)17-12-24-19-22-18(11-23(17)19)20-8-13-5-14(9-20)7-15(6-13)10-20/h1-4,11-15H,5-10H2. The van der Waals surface area contributed by atoms with Crippen LogP contribution in [0.15, 0.2) is 36.0 Å². The Kier molecular flexibility index (Phi) is 2.66. The monoisotopic (exact) mass is 335 g/mol. The Balaban J connectivity index is 1.47. The van der Waals surface area contributed by atoms with Crippen molar-refractivity contribution in [2.24, 2.45) is 17.8 Å². The highest BCUT2D eigenvalue weighted by Gasteiger charge is 2.52. The number of nitrogens with zero attached hydrogens (tertiary/aromatic N) is 3. The Morgan fingerprint density at radius 3 is 2.46 bits per heavy atom. The van der Waals surface area contributed by atoms with Crippen molar-refractivity contribution >= 4 is 16.3 Å². The van der Waals surface area contributed by atoms with E-state index in [4.69, 9.17) is 4.98 Å². The fourth-order valence-electron chi connectivity index (χ4n) is 6.16. The molecule has 122 valence electrons. The lowest BCUT2D eigenvalue weighted by Gasteiger charge is -2.56. The maximum atomic E-state index is 5.10. The molecule has 0 saturated heterocycles. The van der Waals surface area contributed by atoms with Gasteiger partial charge in [-0.25, -0.2) is 4.98 Å². The minimum Gasteiger partial charge on any atom is -0.288 e. The van der Waals surface area contributed by atoms with Crippen LogP contribution < -0.4 is 0 Å². The van der Waals surface area contributed by atoms with E-state index in [1.54, 1.807) is 11.3 Å². The van der Waals surface area contributed by atoms with Gasteiger partial charge in [-0.05, 0) is 68.4 Å². The number of pyridine rings is 1. The average Bonchev–Trinajstić information content (AvgIpc) is 3.15. The van der Waals surface area contributed by atoms with E-state index in [1.165, 1.54) is 49.9 Å². The lowest BCUT2D eigenvalue weighted by Crippen LogP contribution is -2.48. The SMILES string of the molecule is c1ccc(-c2csc3nc(C45CC6CC(CC(C6)C4)C5)cn23)nc1. The molecule has 24 heavy (non-hydrogen) atoms. The molecular formula is C20H21N3S. The number of aromatic nitrogens is 3. The van der Waals surface area contributed by atoms with Crippen LogP contribution in [0.25, 0.3) is 16.3 Å². The molecule has 0 amide bonds. The zero-order valence-electron chi connectivity index (χ0n) is 13.7. The molecular weight excluding hydrogens is 314 g/mol. The molecule has 4 fully saturated rings. The van der Waals surface area contributed by atoms with Crippen LogP contribution in [-0.2, 0) is 5.41 Å². The van der Waals surface area contributed by atoms with Crippen LogP contribution in [0.3, 0.4) is 0 Å². The Bertz CT molecular complexity index is 872. The number of thiazole rings is 1. The zero-order valence-corrected chi connectivity index (χ0v) is 14.5. The van der Waals surface area contributed by atoms with Crippen molar-refractivity contribution in [2.75, 3.05) is 0 Å². The van der Waals surface area contributed by atoms with Crippen molar-refractivity contribution < 1.29 is 0 Å². The topological polar surface area (TPSA) is 30.2 Å². The summed E-state index contributed by atoms with van der Waals surface area (Å²) in [5.74, 6) is 2.89. The summed E-state index contributed by atoms with van der Waals surface area (Å²) in [6, 6.07) is 6.12. The predicted molar refractivity (Wildman–Crippen MR) is 96.2 cm³/mol. The van der Waals surface area contributed by atoms with Crippen LogP contribution in [0.4, 0.5) is 0 Å². The van der Waals surface area contributed by atoms with E-state index in [0.29, 0.717) is 5.41 Å². The van der Waals surface area contributed by atoms with Crippen LogP contribution in [-0.4, -0.2) is 14.4 Å². The molecule has 4 aliphatic carbocycles. The van der Waals surface area contributed by atoms with Gasteiger partial charge in [0, 0.05) is 23.2 Å². The Morgan fingerprint density at radius 2 is 1.79 bits per heavy atom. The maximum Gasteiger partial charge on any atom is 0.194 e. The van der Waals surface area contributed by atoms with E-state index in [9.17, 15) is 0 Å². The molecule has 0 radical (unpaired) electrons. The van der Waals surface area contributed by atoms with Crippen LogP contribution in [0, 0.1) is 17.8 Å². The van der Waals surface area contributed by atoms with Crippen molar-refractivity contribution in [1.82, 2.24) is 14.4 Å². The molecule has 0 unspecified atom stereocenters. The van der Waals surface area contributed by atoms with Crippen molar-refractivity contribution in [3.05, 3.63) is 41.7 Å². The number of fused-ring (bicyclic) bond motifs is 1. The highest BCUT2D eigenvalue weighted by molar-refractivity contribution is 7.15. The molecule has 0 atom stereocenters. The summed E-state index contributed by atoms with van der Waals surface area (Å²) >= 11 is 1.75. The van der Waals surface area contributed by atoms with E-state index in [2.05, 4.69) is 33.1 Å². The third-order valence-corrected chi connectivity index (χ3v) is 7.56. The number of imidazole rings is 1. The van der Waals surface area contributed by atoms with Gasteiger partial charge in [-0.2, -0.15) is 0 Å². The molecule has 7 rings (SSSR count). The molecule has 3 aromatic heterocycles. The van der Waals surface area contributed by atoms with E-state index in [1.807, 2.05) is 12.3 Å². The van der Waals surface area contributed by atoms with Gasteiger partial charge in [0.25, 0.3) is 0 Å². The third-order valence-electron chi connectivity index (χ3n) is 6.72. The van der Waals surface area contributed by atoms with E-state index in [-0.39, 0.29) is 0 Å². The normalized spacial score (nSPS) is 34.2. The summed E-state index contributed by atoms with van der Waals surface area (Å²) in [5, 5.41) is 2.19. The highest BCUT2D eigenvalue weighted by Crippen LogP contribution is 2.60. The molecule has 3 heterocycles. The van der Waals surface area contributed by atoms with E-state index in [0.717, 1.165) is 28.4 Å². The maximum absolute atomic E-state index is 5.10. The number of hydrogen-bond acceptors (Lipinski definition) is 3. The molecule has 0 N–H and O–H groups in total. The van der Waals surface area contributed by atoms with Crippen molar-refractivity contribution in [2.45, 2.75) is 43.9 Å². The third kappa shape index (κ3) is 1.83. The summed E-state index contributed by atoms with van der Waals surface area (Å²) in [6.07, 6.45) is 12.8. The van der Waals surface area contributed by atoms with Crippen LogP contribution in [0.1, 0.15) is 44.2 Å². The van der Waals surface area contributed by atoms with Crippen molar-refractivity contribution in [3.63, 3.8) is 0 Å². The molecule has 3 aromatic rings. The predicted octanol–water partition coefficient (Wildman–Crippen LogP) is 4.93.